The van der Waals surface area contributed by atoms with E-state index in [1.54, 1.807) is 42.5 Å². The summed E-state index contributed by atoms with van der Waals surface area (Å²) >= 11 is 5.77. The van der Waals surface area contributed by atoms with Crippen molar-refractivity contribution in [3.63, 3.8) is 0 Å². The van der Waals surface area contributed by atoms with Crippen molar-refractivity contribution >= 4 is 40.1 Å². The topological polar surface area (TPSA) is 92.2 Å². The number of fused-ring (bicyclic) bond motifs is 1. The van der Waals surface area contributed by atoms with Gasteiger partial charge in [-0.15, -0.1) is 0 Å². The fraction of sp³-hybridized carbons (Fsp3) is 0.118. The summed E-state index contributed by atoms with van der Waals surface area (Å²) in [4.78, 5) is 37.6. The van der Waals surface area contributed by atoms with Crippen LogP contribution in [0, 0.1) is 0 Å². The van der Waals surface area contributed by atoms with Crippen molar-refractivity contribution in [1.82, 2.24) is 4.98 Å². The molecule has 24 heavy (non-hydrogen) atoms. The van der Waals surface area contributed by atoms with Gasteiger partial charge in [-0.25, -0.2) is 4.79 Å². The first-order valence-electron chi connectivity index (χ1n) is 7.23. The number of hydrogen-bond acceptors (Lipinski definition) is 4. The molecule has 122 valence electrons. The highest BCUT2D eigenvalue weighted by Crippen LogP contribution is 2.17. The van der Waals surface area contributed by atoms with E-state index in [1.165, 1.54) is 0 Å². The number of aromatic nitrogens is 1. The van der Waals surface area contributed by atoms with Crippen molar-refractivity contribution in [2.75, 3.05) is 5.32 Å². The number of aromatic amines is 1. The van der Waals surface area contributed by atoms with Gasteiger partial charge in [-0.2, -0.15) is 0 Å². The Hall–Kier alpha value is -2.86. The quantitative estimate of drug-likeness (QED) is 0.694. The Balaban J connectivity index is 1.59. The fourth-order valence-electron chi connectivity index (χ4n) is 2.25. The third-order valence-corrected chi connectivity index (χ3v) is 3.70. The van der Waals surface area contributed by atoms with Gasteiger partial charge in [0, 0.05) is 35.2 Å². The number of anilines is 1. The first kappa shape index (κ1) is 16.0. The second-order valence-corrected chi connectivity index (χ2v) is 5.64. The standard InChI is InChI=1S/C17H13ClN2O4/c18-11-3-1-10(2-4-11)14(21)7-8-16(22)19-12-5-6-13-15(9-12)24-17(23)20-13/h1-6,9H,7-8H2,(H,19,22)(H,20,23). The lowest BCUT2D eigenvalue weighted by atomic mass is 10.1. The summed E-state index contributed by atoms with van der Waals surface area (Å²) in [5.74, 6) is -0.981. The van der Waals surface area contributed by atoms with E-state index in [0.717, 1.165) is 0 Å². The lowest BCUT2D eigenvalue weighted by molar-refractivity contribution is -0.116. The van der Waals surface area contributed by atoms with E-state index in [1.807, 2.05) is 0 Å². The lowest BCUT2D eigenvalue weighted by Gasteiger charge is -2.05. The molecule has 0 aliphatic rings. The molecule has 0 atom stereocenters. The average Bonchev–Trinajstić information content (AvgIpc) is 2.92. The number of halogens is 1. The number of rotatable bonds is 5. The maximum atomic E-state index is 12.0. The largest absolute Gasteiger partial charge is 0.417 e. The maximum Gasteiger partial charge on any atom is 0.417 e. The van der Waals surface area contributed by atoms with Crippen molar-refractivity contribution < 1.29 is 14.0 Å². The van der Waals surface area contributed by atoms with Gasteiger partial charge in [0.15, 0.2) is 11.4 Å². The highest BCUT2D eigenvalue weighted by molar-refractivity contribution is 6.30. The Kier molecular flexibility index (Phi) is 4.48. The van der Waals surface area contributed by atoms with Crippen LogP contribution in [0.5, 0.6) is 0 Å². The molecule has 0 bridgehead atoms. The third-order valence-electron chi connectivity index (χ3n) is 3.45. The van der Waals surface area contributed by atoms with Gasteiger partial charge in [0.25, 0.3) is 0 Å². The number of oxazole rings is 1. The summed E-state index contributed by atoms with van der Waals surface area (Å²) in [6.45, 7) is 0. The number of carbonyl (C=O) groups excluding carboxylic acids is 2. The molecule has 3 rings (SSSR count). The van der Waals surface area contributed by atoms with Crippen LogP contribution in [0.25, 0.3) is 11.1 Å². The molecule has 0 aliphatic heterocycles. The van der Waals surface area contributed by atoms with E-state index in [4.69, 9.17) is 16.0 Å². The zero-order chi connectivity index (χ0) is 17.1. The third kappa shape index (κ3) is 3.72. The molecule has 0 aliphatic carbocycles. The monoisotopic (exact) mass is 344 g/mol. The van der Waals surface area contributed by atoms with Gasteiger partial charge < -0.3 is 9.73 Å². The predicted molar refractivity (Wildman–Crippen MR) is 90.5 cm³/mol. The number of amides is 1. The number of nitrogens with one attached hydrogen (secondary N) is 2. The second-order valence-electron chi connectivity index (χ2n) is 5.20. The van der Waals surface area contributed by atoms with Gasteiger partial charge in [-0.05, 0) is 36.4 Å². The normalized spacial score (nSPS) is 10.7. The summed E-state index contributed by atoms with van der Waals surface area (Å²) in [7, 11) is 0. The van der Waals surface area contributed by atoms with Gasteiger partial charge in [0.1, 0.15) is 0 Å². The maximum absolute atomic E-state index is 12.0. The molecule has 3 aromatic rings. The fourth-order valence-corrected chi connectivity index (χ4v) is 2.38. The van der Waals surface area contributed by atoms with Crippen LogP contribution >= 0.6 is 11.6 Å². The van der Waals surface area contributed by atoms with Crippen molar-refractivity contribution in [2.24, 2.45) is 0 Å². The predicted octanol–water partition coefficient (Wildman–Crippen LogP) is 3.38. The average molecular weight is 345 g/mol. The highest BCUT2D eigenvalue weighted by atomic mass is 35.5. The summed E-state index contributed by atoms with van der Waals surface area (Å²) in [6.07, 6.45) is 0.144. The van der Waals surface area contributed by atoms with Crippen LogP contribution < -0.4 is 11.1 Å². The first-order chi connectivity index (χ1) is 11.5. The van der Waals surface area contributed by atoms with Gasteiger partial charge >= 0.3 is 5.76 Å². The van der Waals surface area contributed by atoms with Crippen LogP contribution in [0.4, 0.5) is 5.69 Å². The summed E-state index contributed by atoms with van der Waals surface area (Å²) in [6, 6.07) is 11.4. The van der Waals surface area contributed by atoms with Crippen molar-refractivity contribution in [1.29, 1.82) is 0 Å². The Bertz CT molecular complexity index is 957. The van der Waals surface area contributed by atoms with Gasteiger partial charge in [0.05, 0.1) is 5.52 Å². The Morgan fingerprint density at radius 3 is 2.58 bits per heavy atom. The van der Waals surface area contributed by atoms with Crippen LogP contribution in [0.1, 0.15) is 23.2 Å². The number of carbonyl (C=O) groups is 2. The van der Waals surface area contributed by atoms with E-state index in [0.29, 0.717) is 27.4 Å². The zero-order valence-electron chi connectivity index (χ0n) is 12.5. The zero-order valence-corrected chi connectivity index (χ0v) is 13.2. The molecule has 0 saturated carbocycles. The van der Waals surface area contributed by atoms with E-state index in [9.17, 15) is 14.4 Å². The van der Waals surface area contributed by atoms with Crippen molar-refractivity contribution in [2.45, 2.75) is 12.8 Å². The van der Waals surface area contributed by atoms with Gasteiger partial charge in [-0.1, -0.05) is 11.6 Å². The summed E-state index contributed by atoms with van der Waals surface area (Å²) in [5.41, 5.74) is 1.92. The molecule has 0 spiro atoms. The van der Waals surface area contributed by atoms with E-state index in [2.05, 4.69) is 10.3 Å². The summed E-state index contributed by atoms with van der Waals surface area (Å²) < 4.78 is 4.93. The molecule has 0 fully saturated rings. The molecule has 2 aromatic carbocycles. The van der Waals surface area contributed by atoms with E-state index < -0.39 is 5.76 Å². The minimum atomic E-state index is -0.554. The van der Waals surface area contributed by atoms with E-state index in [-0.39, 0.29) is 24.5 Å². The highest BCUT2D eigenvalue weighted by Gasteiger charge is 2.10. The van der Waals surface area contributed by atoms with Crippen LogP contribution in [-0.4, -0.2) is 16.7 Å². The molecule has 1 amide bonds. The SMILES string of the molecule is O=C(CCC(=O)c1ccc(Cl)cc1)Nc1ccc2[nH]c(=O)oc2c1. The molecule has 0 unspecified atom stereocenters. The van der Waals surface area contributed by atoms with Crippen molar-refractivity contribution in [3.05, 3.63) is 63.6 Å². The Morgan fingerprint density at radius 2 is 1.83 bits per heavy atom. The minimum Gasteiger partial charge on any atom is -0.408 e. The number of H-pyrrole nitrogens is 1. The Morgan fingerprint density at radius 1 is 1.08 bits per heavy atom. The number of Topliss-reactive ketones (excluding diaryl/α,β-unsaturated/α-hetero) is 1. The van der Waals surface area contributed by atoms with Crippen molar-refractivity contribution in [3.8, 4) is 0 Å². The van der Waals surface area contributed by atoms with Crippen LogP contribution in [0.15, 0.2) is 51.7 Å². The molecule has 7 heteroatoms. The smallest absolute Gasteiger partial charge is 0.408 e. The molecule has 1 heterocycles. The van der Waals surface area contributed by atoms with E-state index >= 15 is 0 Å². The first-order valence-corrected chi connectivity index (χ1v) is 7.60. The molecule has 6 nitrogen and oxygen atoms in total. The van der Waals surface area contributed by atoms with Crippen LogP contribution in [0.3, 0.4) is 0 Å². The molecular formula is C17H13ClN2O4. The number of ketones is 1. The Labute approximate surface area is 141 Å². The molecular weight excluding hydrogens is 332 g/mol. The summed E-state index contributed by atoms with van der Waals surface area (Å²) in [5, 5.41) is 3.22. The minimum absolute atomic E-state index is 0.0522. The molecule has 2 N–H and O–H groups in total. The second kappa shape index (κ2) is 6.72. The number of benzene rings is 2. The van der Waals surface area contributed by atoms with Gasteiger partial charge in [-0.3, -0.25) is 14.6 Å². The number of hydrogen-bond donors (Lipinski definition) is 2. The van der Waals surface area contributed by atoms with Crippen LogP contribution in [0.2, 0.25) is 5.02 Å². The molecule has 0 saturated heterocycles. The van der Waals surface area contributed by atoms with Gasteiger partial charge in [0.2, 0.25) is 5.91 Å². The molecule has 1 aromatic heterocycles. The van der Waals surface area contributed by atoms with Crippen LogP contribution in [-0.2, 0) is 4.79 Å². The molecule has 0 radical (unpaired) electrons. The lowest BCUT2D eigenvalue weighted by Crippen LogP contribution is -2.13.